The first-order chi connectivity index (χ1) is 13.2. The molecule has 2 heterocycles. The molecule has 3 rings (SSSR count). The van der Waals surface area contributed by atoms with Gasteiger partial charge in [-0.25, -0.2) is 13.1 Å². The molecule has 1 aliphatic rings. The highest BCUT2D eigenvalue weighted by molar-refractivity contribution is 8.01. The van der Waals surface area contributed by atoms with Crippen molar-refractivity contribution < 1.29 is 13.2 Å². The lowest BCUT2D eigenvalue weighted by molar-refractivity contribution is -0.130. The number of benzene rings is 1. The van der Waals surface area contributed by atoms with E-state index in [2.05, 4.69) is 5.10 Å². The van der Waals surface area contributed by atoms with E-state index in [0.29, 0.717) is 16.9 Å². The van der Waals surface area contributed by atoms with Gasteiger partial charge in [0.25, 0.3) is 0 Å². The molecule has 1 atom stereocenters. The highest BCUT2D eigenvalue weighted by Crippen LogP contribution is 2.26. The van der Waals surface area contributed by atoms with Crippen molar-refractivity contribution in [2.45, 2.75) is 30.6 Å². The van der Waals surface area contributed by atoms with Crippen molar-refractivity contribution in [2.24, 2.45) is 5.92 Å². The molecular formula is C18H23N3O3S4. The van der Waals surface area contributed by atoms with Crippen molar-refractivity contribution in [3.63, 3.8) is 0 Å². The average Bonchev–Trinajstić information content (AvgIpc) is 3.20. The first-order valence-electron chi connectivity index (χ1n) is 9.03. The maximum absolute atomic E-state index is 12.9. The van der Waals surface area contributed by atoms with Crippen LogP contribution in [0.3, 0.4) is 0 Å². The Hall–Kier alpha value is -1.23. The molecule has 1 aliphatic heterocycles. The smallest absolute Gasteiger partial charge is 0.233 e. The summed E-state index contributed by atoms with van der Waals surface area (Å²) in [6, 6.07) is 9.42. The van der Waals surface area contributed by atoms with E-state index in [1.807, 2.05) is 44.2 Å². The molecule has 1 aromatic heterocycles. The van der Waals surface area contributed by atoms with E-state index < -0.39 is 9.84 Å². The summed E-state index contributed by atoms with van der Waals surface area (Å²) in [5.41, 5.74) is 0.888. The van der Waals surface area contributed by atoms with E-state index in [4.69, 9.17) is 12.2 Å². The summed E-state index contributed by atoms with van der Waals surface area (Å²) in [7, 11) is -3.04. The number of sulfone groups is 1. The molecule has 0 radical (unpaired) electrons. The molecule has 1 saturated heterocycles. The van der Waals surface area contributed by atoms with Crippen molar-refractivity contribution in [3.8, 4) is 5.69 Å². The number of carbonyl (C=O) groups excluding carboxylic acids is 1. The van der Waals surface area contributed by atoms with E-state index >= 15 is 0 Å². The van der Waals surface area contributed by atoms with Gasteiger partial charge in [0.1, 0.15) is 0 Å². The molecule has 1 fully saturated rings. The van der Waals surface area contributed by atoms with Crippen LogP contribution in [0.25, 0.3) is 5.69 Å². The lowest BCUT2D eigenvalue weighted by Crippen LogP contribution is -2.44. The zero-order chi connectivity index (χ0) is 20.3. The van der Waals surface area contributed by atoms with E-state index in [9.17, 15) is 13.2 Å². The Labute approximate surface area is 178 Å². The number of para-hydroxylation sites is 1. The van der Waals surface area contributed by atoms with Crippen LogP contribution in [0.15, 0.2) is 34.7 Å². The summed E-state index contributed by atoms with van der Waals surface area (Å²) in [5, 5.41) is 4.52. The van der Waals surface area contributed by atoms with Crippen LogP contribution in [0.1, 0.15) is 20.3 Å². The van der Waals surface area contributed by atoms with Gasteiger partial charge in [-0.05, 0) is 36.7 Å². The van der Waals surface area contributed by atoms with Crippen molar-refractivity contribution in [1.29, 1.82) is 0 Å². The van der Waals surface area contributed by atoms with Crippen molar-refractivity contribution in [2.75, 3.05) is 23.8 Å². The number of amides is 1. The topological polar surface area (TPSA) is 72.3 Å². The molecule has 10 heteroatoms. The van der Waals surface area contributed by atoms with Gasteiger partial charge in [0.15, 0.2) is 18.1 Å². The number of carbonyl (C=O) groups is 1. The van der Waals surface area contributed by atoms with Gasteiger partial charge in [-0.1, -0.05) is 55.1 Å². The van der Waals surface area contributed by atoms with Crippen LogP contribution < -0.4 is 0 Å². The molecular weight excluding hydrogens is 434 g/mol. The third-order valence-electron chi connectivity index (χ3n) is 4.38. The molecule has 0 aliphatic carbocycles. The van der Waals surface area contributed by atoms with Crippen LogP contribution in [0.2, 0.25) is 0 Å². The molecule has 152 valence electrons. The number of rotatable bonds is 7. The van der Waals surface area contributed by atoms with Crippen LogP contribution >= 0.6 is 35.3 Å². The summed E-state index contributed by atoms with van der Waals surface area (Å²) >= 11 is 8.12. The minimum absolute atomic E-state index is 0.0480. The third kappa shape index (κ3) is 5.43. The number of nitrogens with zero attached hydrogens (tertiary/aromatic N) is 3. The number of hydrogen-bond acceptors (Lipinski definition) is 7. The molecule has 1 aromatic carbocycles. The second-order valence-electron chi connectivity index (χ2n) is 7.17. The maximum Gasteiger partial charge on any atom is 0.233 e. The van der Waals surface area contributed by atoms with Gasteiger partial charge in [-0.3, -0.25) is 4.79 Å². The molecule has 28 heavy (non-hydrogen) atoms. The van der Waals surface area contributed by atoms with Gasteiger partial charge in [-0.15, -0.1) is 5.10 Å². The first-order valence-corrected chi connectivity index (χ1v) is 13.1. The van der Waals surface area contributed by atoms with E-state index in [1.54, 1.807) is 9.58 Å². The molecule has 6 nitrogen and oxygen atoms in total. The number of aromatic nitrogens is 2. The predicted octanol–water partition coefficient (Wildman–Crippen LogP) is 3.43. The van der Waals surface area contributed by atoms with Gasteiger partial charge in [0.05, 0.1) is 22.9 Å². The fraction of sp³-hybridized carbons (Fsp3) is 0.500. The molecule has 0 spiro atoms. The fourth-order valence-electron chi connectivity index (χ4n) is 3.13. The van der Waals surface area contributed by atoms with Crippen molar-refractivity contribution in [3.05, 3.63) is 34.3 Å². The highest BCUT2D eigenvalue weighted by Gasteiger charge is 2.34. The van der Waals surface area contributed by atoms with Crippen molar-refractivity contribution >= 4 is 51.1 Å². The average molecular weight is 458 g/mol. The normalized spacial score (nSPS) is 18.5. The Kier molecular flexibility index (Phi) is 6.95. The van der Waals surface area contributed by atoms with Gasteiger partial charge in [0, 0.05) is 12.6 Å². The first kappa shape index (κ1) is 21.5. The lowest BCUT2D eigenvalue weighted by Gasteiger charge is -2.29. The van der Waals surface area contributed by atoms with Gasteiger partial charge in [0.2, 0.25) is 5.91 Å². The number of hydrogen-bond donors (Lipinski definition) is 0. The van der Waals surface area contributed by atoms with Crippen LogP contribution in [0, 0.1) is 9.87 Å². The lowest BCUT2D eigenvalue weighted by atomic mass is 10.1. The zero-order valence-electron chi connectivity index (χ0n) is 15.8. The van der Waals surface area contributed by atoms with Crippen LogP contribution in [0.5, 0.6) is 0 Å². The quantitative estimate of drug-likeness (QED) is 0.469. The monoisotopic (exact) mass is 457 g/mol. The van der Waals surface area contributed by atoms with Crippen molar-refractivity contribution in [1.82, 2.24) is 14.7 Å². The molecule has 0 saturated carbocycles. The Morgan fingerprint density at radius 2 is 2.11 bits per heavy atom. The molecule has 1 amide bonds. The number of thioether (sulfide) groups is 1. The van der Waals surface area contributed by atoms with Gasteiger partial charge < -0.3 is 4.90 Å². The highest BCUT2D eigenvalue weighted by atomic mass is 32.2. The van der Waals surface area contributed by atoms with Crippen LogP contribution in [0.4, 0.5) is 0 Å². The minimum Gasteiger partial charge on any atom is -0.338 e. The van der Waals surface area contributed by atoms with Gasteiger partial charge in [-0.2, -0.15) is 0 Å². The van der Waals surface area contributed by atoms with E-state index in [0.717, 1.165) is 10.0 Å². The summed E-state index contributed by atoms with van der Waals surface area (Å²) in [5.74, 6) is 0.679. The minimum atomic E-state index is -3.04. The largest absolute Gasteiger partial charge is 0.338 e. The Morgan fingerprint density at radius 1 is 1.39 bits per heavy atom. The fourth-order valence-corrected chi connectivity index (χ4v) is 7.10. The summed E-state index contributed by atoms with van der Waals surface area (Å²) in [6.45, 7) is 4.63. The Morgan fingerprint density at radius 3 is 2.71 bits per heavy atom. The third-order valence-corrected chi connectivity index (χ3v) is 8.48. The van der Waals surface area contributed by atoms with E-state index in [1.165, 1.54) is 23.1 Å². The summed E-state index contributed by atoms with van der Waals surface area (Å²) in [4.78, 5) is 14.6. The Balaban J connectivity index is 1.68. The standard InChI is InChI=1S/C18H23N3O3S4/c1-13(2)10-20(15-8-9-28(23,24)12-15)16(22)11-26-17-19-21(18(25)27-17)14-6-4-3-5-7-14/h3-7,13,15H,8-12H2,1-2H3. The summed E-state index contributed by atoms with van der Waals surface area (Å²) in [6.07, 6.45) is 0.521. The summed E-state index contributed by atoms with van der Waals surface area (Å²) < 4.78 is 26.7. The predicted molar refractivity (Wildman–Crippen MR) is 117 cm³/mol. The molecule has 1 unspecified atom stereocenters. The molecule has 0 N–H and O–H groups in total. The maximum atomic E-state index is 12.9. The second-order valence-corrected chi connectivity index (χ2v) is 12.2. The molecule has 2 aromatic rings. The SMILES string of the molecule is CC(C)CN(C(=O)CSc1nn(-c2ccccc2)c(=S)s1)C1CCS(=O)(=O)C1. The second kappa shape index (κ2) is 9.06. The molecule has 0 bridgehead atoms. The van der Waals surface area contributed by atoms with Crippen LogP contribution in [-0.2, 0) is 14.6 Å². The van der Waals surface area contributed by atoms with Crippen LogP contribution in [-0.4, -0.2) is 58.9 Å². The van der Waals surface area contributed by atoms with E-state index in [-0.39, 0.29) is 35.1 Å². The van der Waals surface area contributed by atoms with Gasteiger partial charge >= 0.3 is 0 Å². The Bertz CT molecular complexity index is 983. The zero-order valence-corrected chi connectivity index (χ0v) is 19.0.